The summed E-state index contributed by atoms with van der Waals surface area (Å²) in [5.74, 6) is 0.858. The molecule has 1 aromatic carbocycles. The van der Waals surface area contributed by atoms with Crippen LogP contribution in [0.5, 0.6) is 0 Å². The number of hydrogen-bond donors (Lipinski definition) is 3. The van der Waals surface area contributed by atoms with Crippen LogP contribution in [0.3, 0.4) is 0 Å². The quantitative estimate of drug-likeness (QED) is 0.214. The summed E-state index contributed by atoms with van der Waals surface area (Å²) >= 11 is 3.64. The van der Waals surface area contributed by atoms with E-state index in [9.17, 15) is 4.79 Å². The molecule has 1 heterocycles. The number of para-hydroxylation sites is 1. The van der Waals surface area contributed by atoms with Crippen molar-refractivity contribution in [3.8, 4) is 0 Å². The molecular weight excluding hydrogens is 533 g/mol. The highest BCUT2D eigenvalue weighted by atomic mass is 127. The molecule has 158 valence electrons. The van der Waals surface area contributed by atoms with Crippen LogP contribution in [0.2, 0.25) is 0 Å². The molecule has 2 rings (SSSR count). The van der Waals surface area contributed by atoms with Gasteiger partial charge >= 0.3 is 0 Å². The van der Waals surface area contributed by atoms with Gasteiger partial charge in [-0.3, -0.25) is 9.79 Å². The predicted octanol–water partition coefficient (Wildman–Crippen LogP) is 3.36. The molecule has 6 nitrogen and oxygen atoms in total. The Balaban J connectivity index is 0.00000392. The zero-order chi connectivity index (χ0) is 19.9. The van der Waals surface area contributed by atoms with Crippen LogP contribution in [0.25, 0.3) is 0 Å². The first-order valence-electron chi connectivity index (χ1n) is 9.64. The van der Waals surface area contributed by atoms with Crippen molar-refractivity contribution in [3.05, 3.63) is 28.7 Å². The third-order valence-corrected chi connectivity index (χ3v) is 5.09. The highest BCUT2D eigenvalue weighted by Gasteiger charge is 2.24. The van der Waals surface area contributed by atoms with E-state index in [4.69, 9.17) is 0 Å². The number of nitrogens with zero attached hydrogens (tertiary/aromatic N) is 2. The Morgan fingerprint density at radius 2 is 2.00 bits per heavy atom. The third-order valence-electron chi connectivity index (χ3n) is 4.41. The molecular formula is C20H33BrIN5O. The van der Waals surface area contributed by atoms with Crippen molar-refractivity contribution < 1.29 is 4.79 Å². The van der Waals surface area contributed by atoms with Crippen LogP contribution in [0.15, 0.2) is 33.7 Å². The summed E-state index contributed by atoms with van der Waals surface area (Å²) in [4.78, 5) is 18.9. The zero-order valence-electron chi connectivity index (χ0n) is 17.2. The van der Waals surface area contributed by atoms with Crippen molar-refractivity contribution in [1.29, 1.82) is 0 Å². The van der Waals surface area contributed by atoms with Gasteiger partial charge in [0.1, 0.15) is 0 Å². The standard InChI is InChI=1S/C20H32BrN5O.HI/c1-5-22-19(24-12-11-23-18(27)20(2,3)4)25-15-10-13-26(14-15)17-9-7-6-8-16(17)21;/h6-9,15H,5,10-14H2,1-4H3,(H,23,27)(H2,22,24,25);1H. The van der Waals surface area contributed by atoms with Crippen molar-refractivity contribution in [2.45, 2.75) is 40.2 Å². The molecule has 1 saturated heterocycles. The summed E-state index contributed by atoms with van der Waals surface area (Å²) < 4.78 is 1.13. The first kappa shape index (κ1) is 25.0. The van der Waals surface area contributed by atoms with E-state index in [0.717, 1.165) is 36.5 Å². The summed E-state index contributed by atoms with van der Waals surface area (Å²) in [6.45, 7) is 11.6. The predicted molar refractivity (Wildman–Crippen MR) is 132 cm³/mol. The maximum absolute atomic E-state index is 11.9. The van der Waals surface area contributed by atoms with Gasteiger partial charge < -0.3 is 20.9 Å². The van der Waals surface area contributed by atoms with Crippen LogP contribution in [-0.4, -0.2) is 50.6 Å². The highest BCUT2D eigenvalue weighted by Crippen LogP contribution is 2.28. The lowest BCUT2D eigenvalue weighted by atomic mass is 9.96. The van der Waals surface area contributed by atoms with Gasteiger partial charge in [-0.25, -0.2) is 0 Å². The van der Waals surface area contributed by atoms with E-state index in [0.29, 0.717) is 19.1 Å². The molecule has 0 saturated carbocycles. The third kappa shape index (κ3) is 7.77. The average molecular weight is 566 g/mol. The van der Waals surface area contributed by atoms with Crippen molar-refractivity contribution >= 4 is 57.5 Å². The molecule has 8 heteroatoms. The van der Waals surface area contributed by atoms with E-state index in [1.807, 2.05) is 26.8 Å². The number of amides is 1. The fraction of sp³-hybridized carbons (Fsp3) is 0.600. The lowest BCUT2D eigenvalue weighted by molar-refractivity contribution is -0.128. The van der Waals surface area contributed by atoms with Crippen LogP contribution in [0, 0.1) is 5.41 Å². The Morgan fingerprint density at radius 1 is 1.29 bits per heavy atom. The number of guanidine groups is 1. The fourth-order valence-electron chi connectivity index (χ4n) is 2.92. The smallest absolute Gasteiger partial charge is 0.225 e. The number of anilines is 1. The normalized spacial score (nSPS) is 17.1. The molecule has 1 aromatic rings. The molecule has 1 fully saturated rings. The number of aliphatic imine (C=N–C) groups is 1. The Kier molecular flexibility index (Phi) is 10.6. The van der Waals surface area contributed by atoms with Crippen LogP contribution in [0.1, 0.15) is 34.1 Å². The number of nitrogens with one attached hydrogen (secondary N) is 3. The largest absolute Gasteiger partial charge is 0.368 e. The van der Waals surface area contributed by atoms with Crippen LogP contribution >= 0.6 is 39.9 Å². The molecule has 0 spiro atoms. The SMILES string of the molecule is CCNC(=NCCNC(=O)C(C)(C)C)NC1CCN(c2ccccc2Br)C1.I. The second kappa shape index (κ2) is 11.8. The summed E-state index contributed by atoms with van der Waals surface area (Å²) in [5.41, 5.74) is 0.861. The van der Waals surface area contributed by atoms with Gasteiger partial charge in [0.2, 0.25) is 5.91 Å². The lowest BCUT2D eigenvalue weighted by Gasteiger charge is -2.21. The molecule has 1 aliphatic heterocycles. The Hall–Kier alpha value is -1.03. The molecule has 0 radical (unpaired) electrons. The number of benzene rings is 1. The van der Waals surface area contributed by atoms with Crippen LogP contribution in [0.4, 0.5) is 5.69 Å². The lowest BCUT2D eigenvalue weighted by Crippen LogP contribution is -2.45. The summed E-state index contributed by atoms with van der Waals surface area (Å²) in [7, 11) is 0. The van der Waals surface area contributed by atoms with E-state index in [2.05, 4.69) is 66.9 Å². The monoisotopic (exact) mass is 565 g/mol. The molecule has 1 unspecified atom stereocenters. The average Bonchev–Trinajstić information content (AvgIpc) is 3.06. The number of rotatable bonds is 6. The number of carbonyl (C=O) groups excluding carboxylic acids is 1. The second-order valence-corrected chi connectivity index (χ2v) is 8.65. The van der Waals surface area contributed by atoms with E-state index >= 15 is 0 Å². The van der Waals surface area contributed by atoms with E-state index in [1.165, 1.54) is 5.69 Å². The van der Waals surface area contributed by atoms with Gasteiger partial charge in [-0.15, -0.1) is 24.0 Å². The van der Waals surface area contributed by atoms with Crippen molar-refractivity contribution in [2.24, 2.45) is 10.4 Å². The van der Waals surface area contributed by atoms with Gasteiger partial charge in [-0.1, -0.05) is 32.9 Å². The Labute approximate surface area is 194 Å². The van der Waals surface area contributed by atoms with Crippen molar-refractivity contribution in [2.75, 3.05) is 37.6 Å². The van der Waals surface area contributed by atoms with Gasteiger partial charge in [0.05, 0.1) is 12.2 Å². The minimum absolute atomic E-state index is 0. The minimum atomic E-state index is -0.370. The molecule has 3 N–H and O–H groups in total. The van der Waals surface area contributed by atoms with Gasteiger partial charge in [0, 0.05) is 42.1 Å². The molecule has 1 amide bonds. The number of carbonyl (C=O) groups is 1. The molecule has 0 bridgehead atoms. The molecule has 0 aromatic heterocycles. The minimum Gasteiger partial charge on any atom is -0.368 e. The Bertz CT molecular complexity index is 662. The molecule has 1 aliphatic rings. The van der Waals surface area contributed by atoms with Crippen molar-refractivity contribution in [1.82, 2.24) is 16.0 Å². The first-order chi connectivity index (χ1) is 12.8. The van der Waals surface area contributed by atoms with Gasteiger partial charge in [-0.2, -0.15) is 0 Å². The highest BCUT2D eigenvalue weighted by molar-refractivity contribution is 14.0. The van der Waals surface area contributed by atoms with Crippen LogP contribution in [-0.2, 0) is 4.79 Å². The van der Waals surface area contributed by atoms with Gasteiger partial charge in [0.15, 0.2) is 5.96 Å². The summed E-state index contributed by atoms with van der Waals surface area (Å²) in [6.07, 6.45) is 1.06. The van der Waals surface area contributed by atoms with E-state index in [-0.39, 0.29) is 35.3 Å². The first-order valence-corrected chi connectivity index (χ1v) is 10.4. The fourth-order valence-corrected chi connectivity index (χ4v) is 3.46. The summed E-state index contributed by atoms with van der Waals surface area (Å²) in [5, 5.41) is 9.75. The van der Waals surface area contributed by atoms with Crippen LogP contribution < -0.4 is 20.9 Å². The maximum Gasteiger partial charge on any atom is 0.225 e. The molecule has 1 atom stereocenters. The van der Waals surface area contributed by atoms with E-state index < -0.39 is 0 Å². The van der Waals surface area contributed by atoms with Gasteiger partial charge in [0.25, 0.3) is 0 Å². The molecule has 28 heavy (non-hydrogen) atoms. The van der Waals surface area contributed by atoms with Gasteiger partial charge in [-0.05, 0) is 41.4 Å². The van der Waals surface area contributed by atoms with Crippen molar-refractivity contribution in [3.63, 3.8) is 0 Å². The number of hydrogen-bond acceptors (Lipinski definition) is 3. The summed E-state index contributed by atoms with van der Waals surface area (Å²) in [6, 6.07) is 8.67. The topological polar surface area (TPSA) is 68.8 Å². The maximum atomic E-state index is 11.9. The van der Waals surface area contributed by atoms with E-state index in [1.54, 1.807) is 0 Å². The number of halogens is 2. The zero-order valence-corrected chi connectivity index (χ0v) is 21.1. The Morgan fingerprint density at radius 3 is 2.64 bits per heavy atom. The second-order valence-electron chi connectivity index (χ2n) is 7.79. The molecule has 0 aliphatic carbocycles.